The summed E-state index contributed by atoms with van der Waals surface area (Å²) in [4.78, 5) is 27.5. The molecule has 1 heterocycles. The van der Waals surface area contributed by atoms with Crippen molar-refractivity contribution < 1.29 is 24.5 Å². The van der Waals surface area contributed by atoms with Crippen molar-refractivity contribution >= 4 is 23.1 Å². The van der Waals surface area contributed by atoms with Crippen molar-refractivity contribution in [2.24, 2.45) is 0 Å². The molecule has 4 rings (SSSR count). The highest BCUT2D eigenvalue weighted by molar-refractivity contribution is 6.52. The van der Waals surface area contributed by atoms with Gasteiger partial charge in [-0.1, -0.05) is 54.1 Å². The summed E-state index contributed by atoms with van der Waals surface area (Å²) in [6.07, 6.45) is 0. The van der Waals surface area contributed by atoms with Crippen molar-refractivity contribution in [3.05, 3.63) is 95.1 Å². The van der Waals surface area contributed by atoms with Gasteiger partial charge in [0.25, 0.3) is 11.7 Å². The second-order valence-electron chi connectivity index (χ2n) is 7.27. The summed E-state index contributed by atoms with van der Waals surface area (Å²) < 4.78 is 5.37. The van der Waals surface area contributed by atoms with E-state index in [1.807, 2.05) is 19.1 Å². The van der Waals surface area contributed by atoms with Gasteiger partial charge in [0.1, 0.15) is 17.3 Å². The number of ether oxygens (including phenoxy) is 1. The Morgan fingerprint density at radius 3 is 2.32 bits per heavy atom. The molecule has 0 aliphatic carbocycles. The highest BCUT2D eigenvalue weighted by atomic mass is 16.5. The first-order chi connectivity index (χ1) is 14.9. The number of rotatable bonds is 4. The molecule has 2 N–H and O–H groups in total. The Morgan fingerprint density at radius 1 is 0.968 bits per heavy atom. The molecule has 1 unspecified atom stereocenters. The molecule has 1 atom stereocenters. The van der Waals surface area contributed by atoms with Gasteiger partial charge >= 0.3 is 0 Å². The van der Waals surface area contributed by atoms with Crippen LogP contribution >= 0.6 is 0 Å². The van der Waals surface area contributed by atoms with Crippen LogP contribution < -0.4 is 9.64 Å². The predicted octanol–water partition coefficient (Wildman–Crippen LogP) is 4.34. The second-order valence-corrected chi connectivity index (χ2v) is 7.27. The predicted molar refractivity (Wildman–Crippen MR) is 117 cm³/mol. The topological polar surface area (TPSA) is 87.1 Å². The zero-order valence-electron chi connectivity index (χ0n) is 17.1. The lowest BCUT2D eigenvalue weighted by atomic mass is 9.94. The summed E-state index contributed by atoms with van der Waals surface area (Å²) in [6, 6.07) is 19.5. The summed E-state index contributed by atoms with van der Waals surface area (Å²) in [6.45, 7) is 1.85. The van der Waals surface area contributed by atoms with Crippen LogP contribution in [0.3, 0.4) is 0 Å². The van der Waals surface area contributed by atoms with E-state index in [1.165, 1.54) is 18.1 Å². The number of amides is 1. The minimum Gasteiger partial charge on any atom is -0.507 e. The largest absolute Gasteiger partial charge is 0.507 e. The van der Waals surface area contributed by atoms with Crippen LogP contribution in [0.25, 0.3) is 5.76 Å². The Balaban J connectivity index is 2.00. The normalized spacial score (nSPS) is 17.7. The maximum absolute atomic E-state index is 13.2. The molecule has 3 aromatic carbocycles. The van der Waals surface area contributed by atoms with E-state index < -0.39 is 17.7 Å². The monoisotopic (exact) mass is 415 g/mol. The number of hydrogen-bond donors (Lipinski definition) is 2. The first kappa shape index (κ1) is 20.2. The van der Waals surface area contributed by atoms with Crippen LogP contribution in [0, 0.1) is 6.92 Å². The fourth-order valence-corrected chi connectivity index (χ4v) is 3.85. The number of hydrogen-bond acceptors (Lipinski definition) is 5. The second kappa shape index (κ2) is 7.99. The van der Waals surface area contributed by atoms with E-state index in [2.05, 4.69) is 0 Å². The average molecular weight is 415 g/mol. The highest BCUT2D eigenvalue weighted by Crippen LogP contribution is 2.45. The minimum absolute atomic E-state index is 0.0663. The van der Waals surface area contributed by atoms with E-state index in [0.717, 1.165) is 5.56 Å². The molecule has 1 saturated heterocycles. The first-order valence-corrected chi connectivity index (χ1v) is 9.73. The Bertz CT molecular complexity index is 1200. The van der Waals surface area contributed by atoms with Crippen molar-refractivity contribution in [1.82, 2.24) is 0 Å². The Labute approximate surface area is 179 Å². The van der Waals surface area contributed by atoms with E-state index in [1.54, 1.807) is 54.6 Å². The summed E-state index contributed by atoms with van der Waals surface area (Å²) in [5.41, 5.74) is 1.92. The number of aryl methyl sites for hydroxylation is 1. The maximum atomic E-state index is 13.2. The molecule has 6 nitrogen and oxygen atoms in total. The number of methoxy groups -OCH3 is 1. The van der Waals surface area contributed by atoms with Gasteiger partial charge in [0, 0.05) is 0 Å². The van der Waals surface area contributed by atoms with Crippen molar-refractivity contribution in [1.29, 1.82) is 0 Å². The zero-order valence-corrected chi connectivity index (χ0v) is 17.1. The standard InChI is InChI=1S/C25H21NO5/c1-15-12-13-20(31-2)17(14-15)23(28)21-22(16-8-4-3-5-9-16)26(25(30)24(21)29)18-10-6-7-11-19(18)27/h3-14,22,27-28H,1-2H3/b23-21+. The van der Waals surface area contributed by atoms with E-state index in [-0.39, 0.29) is 22.8 Å². The number of aliphatic hydroxyl groups is 1. The van der Waals surface area contributed by atoms with Gasteiger partial charge in [-0.2, -0.15) is 0 Å². The maximum Gasteiger partial charge on any atom is 0.300 e. The van der Waals surface area contributed by atoms with Crippen molar-refractivity contribution in [2.75, 3.05) is 12.0 Å². The molecular formula is C25H21NO5. The molecule has 0 spiro atoms. The van der Waals surface area contributed by atoms with Crippen LogP contribution in [0.5, 0.6) is 11.5 Å². The van der Waals surface area contributed by atoms with Gasteiger partial charge in [-0.25, -0.2) is 0 Å². The SMILES string of the molecule is COc1ccc(C)cc1/C(O)=C1\C(=O)C(=O)N(c2ccccc2O)C1c1ccccc1. The zero-order chi connectivity index (χ0) is 22.1. The number of phenolic OH excluding ortho intramolecular Hbond substituents is 1. The number of Topliss-reactive ketones (excluding diaryl/α,β-unsaturated/α-hetero) is 1. The molecule has 1 amide bonds. The number of nitrogens with zero attached hydrogens (tertiary/aromatic N) is 1. The molecule has 0 bridgehead atoms. The molecule has 156 valence electrons. The number of phenols is 1. The van der Waals surface area contributed by atoms with Crippen molar-refractivity contribution in [3.8, 4) is 11.5 Å². The van der Waals surface area contributed by atoms with Crippen molar-refractivity contribution in [2.45, 2.75) is 13.0 Å². The number of anilines is 1. The highest BCUT2D eigenvalue weighted by Gasteiger charge is 2.47. The average Bonchev–Trinajstić information content (AvgIpc) is 3.05. The summed E-state index contributed by atoms with van der Waals surface area (Å²) in [7, 11) is 1.47. The fourth-order valence-electron chi connectivity index (χ4n) is 3.85. The van der Waals surface area contributed by atoms with Crippen LogP contribution in [0.4, 0.5) is 5.69 Å². The van der Waals surface area contributed by atoms with Gasteiger partial charge in [-0.3, -0.25) is 14.5 Å². The number of aromatic hydroxyl groups is 1. The van der Waals surface area contributed by atoms with E-state index >= 15 is 0 Å². The number of carbonyl (C=O) groups excluding carboxylic acids is 2. The van der Waals surface area contributed by atoms with Gasteiger partial charge in [0.05, 0.1) is 30.0 Å². The first-order valence-electron chi connectivity index (χ1n) is 9.73. The van der Waals surface area contributed by atoms with Crippen LogP contribution in [0.1, 0.15) is 22.7 Å². The number of benzene rings is 3. The van der Waals surface area contributed by atoms with Gasteiger partial charge in [-0.05, 0) is 36.8 Å². The van der Waals surface area contributed by atoms with E-state index in [4.69, 9.17) is 4.74 Å². The van der Waals surface area contributed by atoms with Crippen LogP contribution in [0.15, 0.2) is 78.4 Å². The van der Waals surface area contributed by atoms with Gasteiger partial charge in [-0.15, -0.1) is 0 Å². The molecule has 1 aliphatic heterocycles. The molecule has 3 aromatic rings. The third-order valence-corrected chi connectivity index (χ3v) is 5.31. The van der Waals surface area contributed by atoms with Gasteiger partial charge in [0.15, 0.2) is 0 Å². The Morgan fingerprint density at radius 2 is 1.65 bits per heavy atom. The number of ketones is 1. The molecule has 31 heavy (non-hydrogen) atoms. The lowest BCUT2D eigenvalue weighted by Crippen LogP contribution is -2.29. The summed E-state index contributed by atoms with van der Waals surface area (Å²) >= 11 is 0. The Kier molecular flexibility index (Phi) is 5.21. The third kappa shape index (κ3) is 3.42. The van der Waals surface area contributed by atoms with Crippen LogP contribution in [0.2, 0.25) is 0 Å². The van der Waals surface area contributed by atoms with Gasteiger partial charge in [0.2, 0.25) is 0 Å². The summed E-state index contributed by atoms with van der Waals surface area (Å²) in [5.74, 6) is -1.76. The lowest BCUT2D eigenvalue weighted by molar-refractivity contribution is -0.132. The smallest absolute Gasteiger partial charge is 0.300 e. The minimum atomic E-state index is -0.917. The summed E-state index contributed by atoms with van der Waals surface area (Å²) in [5, 5.41) is 21.6. The van der Waals surface area contributed by atoms with Crippen molar-refractivity contribution in [3.63, 3.8) is 0 Å². The number of carbonyl (C=O) groups is 2. The fraction of sp³-hybridized carbons (Fsp3) is 0.120. The number of aliphatic hydroxyl groups excluding tert-OH is 1. The van der Waals surface area contributed by atoms with Crippen LogP contribution in [-0.2, 0) is 9.59 Å². The molecule has 0 saturated carbocycles. The Hall–Kier alpha value is -4.06. The molecule has 1 fully saturated rings. The number of para-hydroxylation sites is 2. The molecule has 0 radical (unpaired) electrons. The van der Waals surface area contributed by atoms with Gasteiger partial charge < -0.3 is 14.9 Å². The quantitative estimate of drug-likeness (QED) is 0.376. The lowest BCUT2D eigenvalue weighted by Gasteiger charge is -2.26. The van der Waals surface area contributed by atoms with E-state index in [9.17, 15) is 19.8 Å². The third-order valence-electron chi connectivity index (χ3n) is 5.31. The van der Waals surface area contributed by atoms with E-state index in [0.29, 0.717) is 16.9 Å². The molecule has 0 aromatic heterocycles. The molecular weight excluding hydrogens is 394 g/mol. The van der Waals surface area contributed by atoms with Crippen LogP contribution in [-0.4, -0.2) is 29.0 Å². The molecule has 1 aliphatic rings. The molecule has 6 heteroatoms.